The average molecular weight is 338 g/mol. The maximum Gasteiger partial charge on any atom is 0.255 e. The largest absolute Gasteiger partial charge is 0.484 e. The highest BCUT2D eigenvalue weighted by Gasteiger charge is 2.01. The molecule has 0 spiro atoms. The minimum absolute atomic E-state index is 0.160. The lowest BCUT2D eigenvalue weighted by Gasteiger charge is -2.07. The van der Waals surface area contributed by atoms with E-state index >= 15 is 0 Å². The van der Waals surface area contributed by atoms with Gasteiger partial charge in [0.2, 0.25) is 5.91 Å². The molecule has 2 aromatic carbocycles. The summed E-state index contributed by atoms with van der Waals surface area (Å²) in [5, 5.41) is 2.82. The molecule has 5 heteroatoms. The van der Waals surface area contributed by atoms with Crippen LogP contribution in [0, 0.1) is 0 Å². The maximum absolute atomic E-state index is 12.0. The molecule has 130 valence electrons. The van der Waals surface area contributed by atoms with Crippen LogP contribution in [0.2, 0.25) is 0 Å². The third-order valence-corrected chi connectivity index (χ3v) is 3.53. The molecular weight excluding hydrogens is 316 g/mol. The summed E-state index contributed by atoms with van der Waals surface area (Å²) in [7, 11) is 0. The Morgan fingerprint density at radius 2 is 1.72 bits per heavy atom. The molecule has 0 aliphatic carbocycles. The lowest BCUT2D eigenvalue weighted by atomic mass is 10.0. The number of anilines is 1. The molecule has 2 amide bonds. The second-order valence-electron chi connectivity index (χ2n) is 5.92. The number of ether oxygens (including phenoxy) is 1. The van der Waals surface area contributed by atoms with E-state index in [1.54, 1.807) is 30.3 Å². The quantitative estimate of drug-likeness (QED) is 0.760. The van der Waals surface area contributed by atoms with Crippen LogP contribution in [0.15, 0.2) is 54.6 Å². The third-order valence-electron chi connectivity index (χ3n) is 3.53. The van der Waals surface area contributed by atoms with Gasteiger partial charge in [0.1, 0.15) is 5.75 Å². The lowest BCUT2D eigenvalue weighted by molar-refractivity contribution is -0.120. The molecule has 2 aromatic rings. The molecule has 0 saturated carbocycles. The first kappa shape index (κ1) is 18.3. The number of nitrogens with one attached hydrogen (secondary N) is 1. The van der Waals surface area contributed by atoms with Crippen LogP contribution in [-0.2, 0) is 9.59 Å². The van der Waals surface area contributed by atoms with Crippen LogP contribution in [0.4, 0.5) is 5.69 Å². The molecule has 0 aliphatic rings. The van der Waals surface area contributed by atoms with E-state index in [0.717, 1.165) is 11.3 Å². The summed E-state index contributed by atoms with van der Waals surface area (Å²) in [5.41, 5.74) is 7.85. The van der Waals surface area contributed by atoms with E-state index in [4.69, 9.17) is 10.5 Å². The molecule has 25 heavy (non-hydrogen) atoms. The zero-order chi connectivity index (χ0) is 18.2. The highest BCUT2D eigenvalue weighted by molar-refractivity contribution is 6.01. The topological polar surface area (TPSA) is 81.4 Å². The van der Waals surface area contributed by atoms with Gasteiger partial charge in [-0.3, -0.25) is 9.59 Å². The minimum Gasteiger partial charge on any atom is -0.484 e. The number of carbonyl (C=O) groups excluding carboxylic acids is 2. The van der Waals surface area contributed by atoms with E-state index in [9.17, 15) is 9.59 Å². The van der Waals surface area contributed by atoms with Crippen molar-refractivity contribution >= 4 is 23.6 Å². The van der Waals surface area contributed by atoms with Crippen LogP contribution in [0.3, 0.4) is 0 Å². The van der Waals surface area contributed by atoms with Crippen LogP contribution in [-0.4, -0.2) is 18.4 Å². The highest BCUT2D eigenvalue weighted by atomic mass is 16.5. The summed E-state index contributed by atoms with van der Waals surface area (Å²) in [4.78, 5) is 22.6. The Labute approximate surface area is 147 Å². The standard InChI is InChI=1S/C20H22N2O3/c1-14(2)16-6-8-17(9-7-16)22-20(24)12-5-15-3-10-18(11-4-15)25-13-19(21)23/h3-12,14H,13H2,1-2H3,(H2,21,23)(H,22,24)/b12-5+. The Morgan fingerprint density at radius 3 is 2.28 bits per heavy atom. The Hall–Kier alpha value is -3.08. The third kappa shape index (κ3) is 6.14. The molecule has 0 saturated heterocycles. The van der Waals surface area contributed by atoms with Crippen molar-refractivity contribution in [1.82, 2.24) is 0 Å². The number of primary amides is 1. The zero-order valence-corrected chi connectivity index (χ0v) is 14.4. The molecule has 0 aliphatic heterocycles. The zero-order valence-electron chi connectivity index (χ0n) is 14.4. The average Bonchev–Trinajstić information content (AvgIpc) is 2.59. The molecule has 0 radical (unpaired) electrons. The molecule has 0 aromatic heterocycles. The van der Waals surface area contributed by atoms with E-state index in [0.29, 0.717) is 11.7 Å². The predicted molar refractivity (Wildman–Crippen MR) is 99.3 cm³/mol. The van der Waals surface area contributed by atoms with Crippen molar-refractivity contribution in [3.05, 3.63) is 65.7 Å². The van der Waals surface area contributed by atoms with Gasteiger partial charge in [0, 0.05) is 11.8 Å². The predicted octanol–water partition coefficient (Wildman–Crippen LogP) is 3.33. The second kappa shape index (κ2) is 8.68. The van der Waals surface area contributed by atoms with Gasteiger partial charge in [-0.2, -0.15) is 0 Å². The number of carbonyl (C=O) groups is 2. The number of rotatable bonds is 7. The fourth-order valence-electron chi connectivity index (χ4n) is 2.14. The smallest absolute Gasteiger partial charge is 0.255 e. The van der Waals surface area contributed by atoms with Crippen molar-refractivity contribution in [2.75, 3.05) is 11.9 Å². The van der Waals surface area contributed by atoms with Gasteiger partial charge in [-0.25, -0.2) is 0 Å². The molecule has 0 unspecified atom stereocenters. The Balaban J connectivity index is 1.90. The summed E-state index contributed by atoms with van der Waals surface area (Å²) in [6, 6.07) is 14.8. The van der Waals surface area contributed by atoms with Crippen molar-refractivity contribution in [2.45, 2.75) is 19.8 Å². The van der Waals surface area contributed by atoms with Gasteiger partial charge in [0.15, 0.2) is 6.61 Å². The molecule has 0 atom stereocenters. The molecular formula is C20H22N2O3. The molecule has 0 fully saturated rings. The van der Waals surface area contributed by atoms with Crippen LogP contribution in [0.1, 0.15) is 30.9 Å². The van der Waals surface area contributed by atoms with Crippen molar-refractivity contribution in [3.8, 4) is 5.75 Å². The lowest BCUT2D eigenvalue weighted by Crippen LogP contribution is -2.19. The van der Waals surface area contributed by atoms with Gasteiger partial charge >= 0.3 is 0 Å². The summed E-state index contributed by atoms with van der Waals surface area (Å²) >= 11 is 0. The number of benzene rings is 2. The maximum atomic E-state index is 12.0. The van der Waals surface area contributed by atoms with Crippen LogP contribution in [0.5, 0.6) is 5.75 Å². The summed E-state index contributed by atoms with van der Waals surface area (Å²) in [5.74, 6) is 0.277. The summed E-state index contributed by atoms with van der Waals surface area (Å²) in [6.07, 6.45) is 3.17. The Bertz CT molecular complexity index is 748. The Morgan fingerprint density at radius 1 is 1.08 bits per heavy atom. The van der Waals surface area contributed by atoms with Crippen molar-refractivity contribution < 1.29 is 14.3 Å². The highest BCUT2D eigenvalue weighted by Crippen LogP contribution is 2.17. The fourth-order valence-corrected chi connectivity index (χ4v) is 2.14. The first-order valence-electron chi connectivity index (χ1n) is 8.04. The molecule has 0 bridgehead atoms. The van der Waals surface area contributed by atoms with Gasteiger partial charge in [-0.05, 0) is 47.4 Å². The van der Waals surface area contributed by atoms with E-state index in [-0.39, 0.29) is 12.5 Å². The first-order valence-corrected chi connectivity index (χ1v) is 8.04. The fraction of sp³-hybridized carbons (Fsp3) is 0.200. The van der Waals surface area contributed by atoms with E-state index in [1.807, 2.05) is 24.3 Å². The van der Waals surface area contributed by atoms with E-state index < -0.39 is 5.91 Å². The van der Waals surface area contributed by atoms with E-state index in [2.05, 4.69) is 19.2 Å². The van der Waals surface area contributed by atoms with Gasteiger partial charge in [0.25, 0.3) is 5.91 Å². The van der Waals surface area contributed by atoms with Crippen LogP contribution in [0.25, 0.3) is 6.08 Å². The second-order valence-corrected chi connectivity index (χ2v) is 5.92. The summed E-state index contributed by atoms with van der Waals surface area (Å²) in [6.45, 7) is 4.09. The summed E-state index contributed by atoms with van der Waals surface area (Å²) < 4.78 is 5.18. The molecule has 3 N–H and O–H groups in total. The number of nitrogens with two attached hydrogens (primary N) is 1. The molecule has 2 rings (SSSR count). The van der Waals surface area contributed by atoms with Crippen molar-refractivity contribution in [3.63, 3.8) is 0 Å². The number of hydrogen-bond acceptors (Lipinski definition) is 3. The van der Waals surface area contributed by atoms with Gasteiger partial charge < -0.3 is 15.8 Å². The Kier molecular flexibility index (Phi) is 6.34. The van der Waals surface area contributed by atoms with E-state index in [1.165, 1.54) is 11.6 Å². The SMILES string of the molecule is CC(C)c1ccc(NC(=O)/C=C/c2ccc(OCC(N)=O)cc2)cc1. The van der Waals surface area contributed by atoms with Crippen molar-refractivity contribution in [2.24, 2.45) is 5.73 Å². The van der Waals surface area contributed by atoms with Crippen LogP contribution < -0.4 is 15.8 Å². The molecule has 0 heterocycles. The van der Waals surface area contributed by atoms with Gasteiger partial charge in [0.05, 0.1) is 0 Å². The monoisotopic (exact) mass is 338 g/mol. The minimum atomic E-state index is -0.526. The first-order chi connectivity index (χ1) is 11.9. The van der Waals surface area contributed by atoms with Crippen molar-refractivity contribution in [1.29, 1.82) is 0 Å². The number of hydrogen-bond donors (Lipinski definition) is 2. The normalized spacial score (nSPS) is 10.8. The van der Waals surface area contributed by atoms with Gasteiger partial charge in [-0.1, -0.05) is 38.1 Å². The molecule has 5 nitrogen and oxygen atoms in total. The van der Waals surface area contributed by atoms with Crippen LogP contribution >= 0.6 is 0 Å². The van der Waals surface area contributed by atoms with Gasteiger partial charge in [-0.15, -0.1) is 0 Å². The number of amides is 2.